The van der Waals surface area contributed by atoms with Gasteiger partial charge in [-0.25, -0.2) is 4.39 Å². The molecule has 11 heteroatoms. The Hall–Kier alpha value is -3.17. The van der Waals surface area contributed by atoms with Gasteiger partial charge in [0.05, 0.1) is 22.4 Å². The zero-order valence-electron chi connectivity index (χ0n) is 18.1. The Morgan fingerprint density at radius 2 is 2.00 bits per heavy atom. The molecule has 3 aromatic rings. The average molecular weight is 518 g/mol. The number of fused-ring (bicyclic) bond motifs is 1. The topological polar surface area (TPSA) is 104 Å². The number of hydrogen-bond donors (Lipinski definition) is 1. The van der Waals surface area contributed by atoms with Crippen molar-refractivity contribution in [2.75, 3.05) is 0 Å². The fraction of sp³-hybridized carbons (Fsp3) is 0.333. The number of halogens is 3. The third-order valence-corrected chi connectivity index (χ3v) is 7.32. The quantitative estimate of drug-likeness (QED) is 0.516. The molecule has 2 aromatic carbocycles. The third-order valence-electron chi connectivity index (χ3n) is 6.77. The summed E-state index contributed by atoms with van der Waals surface area (Å²) >= 11 is 11.6. The summed E-state index contributed by atoms with van der Waals surface area (Å²) in [6.45, 7) is 0.0161. The zero-order valence-corrected chi connectivity index (χ0v) is 19.7. The Balaban J connectivity index is 1.04. The predicted molar refractivity (Wildman–Crippen MR) is 121 cm³/mol. The molecule has 7 rings (SSSR count). The van der Waals surface area contributed by atoms with Crippen LogP contribution >= 0.6 is 23.2 Å². The van der Waals surface area contributed by atoms with Crippen LogP contribution in [0, 0.1) is 5.82 Å². The largest absolute Gasteiger partial charge is 0.485 e. The fourth-order valence-corrected chi connectivity index (χ4v) is 5.46. The smallest absolute Gasteiger partial charge is 0.261 e. The molecule has 1 atom stereocenters. The molecule has 2 heterocycles. The van der Waals surface area contributed by atoms with E-state index in [1.807, 2.05) is 0 Å². The molecular weight excluding hydrogens is 500 g/mol. The summed E-state index contributed by atoms with van der Waals surface area (Å²) < 4.78 is 30.3. The van der Waals surface area contributed by atoms with Crippen molar-refractivity contribution in [2.24, 2.45) is 0 Å². The molecule has 2 bridgehead atoms. The van der Waals surface area contributed by atoms with E-state index in [-0.39, 0.29) is 40.7 Å². The first-order valence-electron chi connectivity index (χ1n) is 11.0. The maximum atomic E-state index is 13.5. The minimum Gasteiger partial charge on any atom is -0.485 e. The molecule has 3 aliphatic carbocycles. The number of amides is 1. The molecule has 0 spiro atoms. The van der Waals surface area contributed by atoms with Crippen LogP contribution in [-0.2, 0) is 16.8 Å². The maximum Gasteiger partial charge on any atom is 0.261 e. The van der Waals surface area contributed by atoms with Crippen molar-refractivity contribution in [3.8, 4) is 11.5 Å². The van der Waals surface area contributed by atoms with E-state index in [1.54, 1.807) is 24.3 Å². The van der Waals surface area contributed by atoms with E-state index in [0.717, 1.165) is 0 Å². The summed E-state index contributed by atoms with van der Waals surface area (Å²) in [5.41, 5.74) is -0.254. The van der Waals surface area contributed by atoms with Crippen molar-refractivity contribution >= 4 is 34.9 Å². The van der Waals surface area contributed by atoms with Gasteiger partial charge in [-0.15, -0.1) is 0 Å². The van der Waals surface area contributed by atoms with Crippen LogP contribution in [0.3, 0.4) is 0 Å². The molecule has 8 nitrogen and oxygen atoms in total. The number of ether oxygens (including phenoxy) is 2. The first-order chi connectivity index (χ1) is 16.7. The van der Waals surface area contributed by atoms with Crippen LogP contribution in [0.5, 0.6) is 11.5 Å². The molecule has 1 amide bonds. The molecule has 0 saturated heterocycles. The van der Waals surface area contributed by atoms with Gasteiger partial charge in [-0.2, -0.15) is 4.98 Å². The van der Waals surface area contributed by atoms with Crippen LogP contribution in [0.4, 0.5) is 4.39 Å². The van der Waals surface area contributed by atoms with Gasteiger partial charge in [-0.1, -0.05) is 28.4 Å². The van der Waals surface area contributed by atoms with Gasteiger partial charge in [0.25, 0.3) is 5.91 Å². The molecule has 1 aromatic heterocycles. The summed E-state index contributed by atoms with van der Waals surface area (Å²) in [4.78, 5) is 29.7. The van der Waals surface area contributed by atoms with Crippen molar-refractivity contribution in [3.63, 3.8) is 0 Å². The highest BCUT2D eigenvalue weighted by Gasteiger charge is 2.72. The summed E-state index contributed by atoms with van der Waals surface area (Å²) in [5, 5.41) is 7.45. The number of ketones is 1. The molecule has 0 radical (unpaired) electrons. The van der Waals surface area contributed by atoms with Gasteiger partial charge in [-0.3, -0.25) is 9.59 Å². The maximum absolute atomic E-state index is 13.5. The normalized spacial score (nSPS) is 26.1. The number of rotatable bonds is 6. The molecule has 3 saturated carbocycles. The lowest BCUT2D eigenvalue weighted by Gasteiger charge is -2.68. The number of carbonyl (C=O) groups excluding carboxylic acids is 2. The SMILES string of the molecule is O=C1C[C@H](C(=O)NC23CC(c4nc(COc5ccc(Cl)c(F)c5)no4)(C2)C3)Oc2ccc(Cl)cc21. The summed E-state index contributed by atoms with van der Waals surface area (Å²) in [7, 11) is 0. The molecule has 35 heavy (non-hydrogen) atoms. The number of carbonyl (C=O) groups is 2. The van der Waals surface area contributed by atoms with E-state index in [2.05, 4.69) is 15.5 Å². The highest BCUT2D eigenvalue weighted by molar-refractivity contribution is 6.31. The predicted octanol–water partition coefficient (Wildman–Crippen LogP) is 4.42. The van der Waals surface area contributed by atoms with Crippen molar-refractivity contribution in [1.82, 2.24) is 15.5 Å². The number of nitrogens with one attached hydrogen (secondary N) is 1. The van der Waals surface area contributed by atoms with Crippen LogP contribution in [0.1, 0.15) is 47.8 Å². The van der Waals surface area contributed by atoms with Gasteiger partial charge in [0.2, 0.25) is 11.7 Å². The Morgan fingerprint density at radius 1 is 1.20 bits per heavy atom. The lowest BCUT2D eigenvalue weighted by Crippen LogP contribution is -2.77. The van der Waals surface area contributed by atoms with Crippen LogP contribution in [0.2, 0.25) is 10.0 Å². The van der Waals surface area contributed by atoms with Gasteiger partial charge >= 0.3 is 0 Å². The van der Waals surface area contributed by atoms with Crippen molar-refractivity contribution in [2.45, 2.75) is 49.3 Å². The van der Waals surface area contributed by atoms with Crippen LogP contribution < -0.4 is 14.8 Å². The van der Waals surface area contributed by atoms with Crippen LogP contribution in [-0.4, -0.2) is 33.5 Å². The lowest BCUT2D eigenvalue weighted by atomic mass is 9.39. The van der Waals surface area contributed by atoms with Crippen molar-refractivity contribution in [1.29, 1.82) is 0 Å². The lowest BCUT2D eigenvalue weighted by molar-refractivity contribution is -0.148. The first-order valence-corrected chi connectivity index (χ1v) is 11.7. The number of Topliss-reactive ketones (excluding diaryl/α,β-unsaturated/α-hetero) is 1. The van der Waals surface area contributed by atoms with E-state index in [4.69, 9.17) is 37.2 Å². The second-order valence-corrected chi connectivity index (χ2v) is 10.2. The first kappa shape index (κ1) is 22.3. The minimum atomic E-state index is -0.883. The van der Waals surface area contributed by atoms with Gasteiger partial charge < -0.3 is 19.3 Å². The fourth-order valence-electron chi connectivity index (χ4n) is 5.17. The van der Waals surface area contributed by atoms with E-state index in [1.165, 1.54) is 12.1 Å². The summed E-state index contributed by atoms with van der Waals surface area (Å²) in [5.74, 6) is 0.430. The molecule has 1 aliphatic heterocycles. The summed E-state index contributed by atoms with van der Waals surface area (Å²) in [6.07, 6.45) is 1.05. The Morgan fingerprint density at radius 3 is 2.77 bits per heavy atom. The van der Waals surface area contributed by atoms with Gasteiger partial charge in [0.15, 0.2) is 18.5 Å². The van der Waals surface area contributed by atoms with Crippen LogP contribution in [0.25, 0.3) is 0 Å². The van der Waals surface area contributed by atoms with Crippen molar-refractivity contribution < 1.29 is 28.0 Å². The van der Waals surface area contributed by atoms with E-state index in [9.17, 15) is 14.0 Å². The number of nitrogens with zero attached hydrogens (tertiary/aromatic N) is 2. The average Bonchev–Trinajstić information content (AvgIpc) is 3.25. The minimum absolute atomic E-state index is 0.0141. The highest BCUT2D eigenvalue weighted by atomic mass is 35.5. The molecular formula is C24H18Cl2FN3O5. The number of benzene rings is 2. The Kier molecular flexibility index (Phi) is 5.05. The Labute approximate surface area is 208 Å². The van der Waals surface area contributed by atoms with E-state index >= 15 is 0 Å². The van der Waals surface area contributed by atoms with Gasteiger partial charge in [0.1, 0.15) is 17.3 Å². The summed E-state index contributed by atoms with van der Waals surface area (Å²) in [6, 6.07) is 8.93. The molecule has 3 fully saturated rings. The number of aromatic nitrogens is 2. The van der Waals surface area contributed by atoms with Crippen molar-refractivity contribution in [3.05, 3.63) is 69.5 Å². The highest BCUT2D eigenvalue weighted by Crippen LogP contribution is 2.67. The monoisotopic (exact) mass is 517 g/mol. The van der Waals surface area contributed by atoms with E-state index in [0.29, 0.717) is 53.1 Å². The number of hydrogen-bond acceptors (Lipinski definition) is 7. The molecule has 180 valence electrons. The van der Waals surface area contributed by atoms with Gasteiger partial charge in [-0.05, 0) is 49.6 Å². The van der Waals surface area contributed by atoms with E-state index < -0.39 is 11.9 Å². The van der Waals surface area contributed by atoms with Gasteiger partial charge in [0, 0.05) is 16.6 Å². The van der Waals surface area contributed by atoms with Crippen LogP contribution in [0.15, 0.2) is 40.9 Å². The second-order valence-electron chi connectivity index (χ2n) is 9.33. The molecule has 0 unspecified atom stereocenters. The standard InChI is InChI=1S/C24H18Cl2FN3O5/c25-12-1-4-18-14(5-12)17(31)7-19(34-18)21(32)29-24-9-23(10-24,11-24)22-28-20(30-35-22)8-33-13-2-3-15(26)16(27)6-13/h1-6,19H,7-11H2,(H,29,32)/t19-,23?,24?/m1/s1. The Bertz CT molecular complexity index is 1360. The third kappa shape index (κ3) is 3.83. The molecule has 4 aliphatic rings. The zero-order chi connectivity index (χ0) is 24.4. The molecule has 1 N–H and O–H groups in total. The second kappa shape index (κ2) is 7.93.